The number of carbonyl (C=O) groups excluding carboxylic acids is 3. The van der Waals surface area contributed by atoms with E-state index < -0.39 is 0 Å². The number of rotatable bonds is 4. The number of piperidine rings is 1. The van der Waals surface area contributed by atoms with E-state index in [4.69, 9.17) is 0 Å². The summed E-state index contributed by atoms with van der Waals surface area (Å²) >= 11 is 0. The Kier molecular flexibility index (Phi) is 6.48. The number of hydrogen-bond donors (Lipinski definition) is 2. The molecule has 146 valence electrons. The normalized spacial score (nSPS) is 18.8. The van der Waals surface area contributed by atoms with Crippen LogP contribution in [0.15, 0.2) is 24.3 Å². The number of nitrogens with one attached hydrogen (secondary N) is 2. The number of ketones is 1. The van der Waals surface area contributed by atoms with E-state index in [-0.39, 0.29) is 29.7 Å². The zero-order chi connectivity index (χ0) is 19.2. The van der Waals surface area contributed by atoms with Crippen LogP contribution in [0.25, 0.3) is 0 Å². The lowest BCUT2D eigenvalue weighted by Crippen LogP contribution is -2.49. The zero-order valence-electron chi connectivity index (χ0n) is 16.0. The molecule has 2 N–H and O–H groups in total. The van der Waals surface area contributed by atoms with Crippen LogP contribution in [0.3, 0.4) is 0 Å². The smallest absolute Gasteiger partial charge is 0.321 e. The van der Waals surface area contributed by atoms with E-state index in [2.05, 4.69) is 10.6 Å². The fourth-order valence-electron chi connectivity index (χ4n) is 3.93. The molecule has 2 aliphatic rings. The molecule has 0 radical (unpaired) electrons. The monoisotopic (exact) mass is 371 g/mol. The van der Waals surface area contributed by atoms with Crippen molar-refractivity contribution in [2.75, 3.05) is 18.4 Å². The van der Waals surface area contributed by atoms with Crippen LogP contribution < -0.4 is 10.6 Å². The first-order chi connectivity index (χ1) is 13.0. The van der Waals surface area contributed by atoms with Gasteiger partial charge in [-0.3, -0.25) is 9.59 Å². The van der Waals surface area contributed by atoms with Crippen LogP contribution in [-0.4, -0.2) is 41.8 Å². The van der Waals surface area contributed by atoms with E-state index in [0.29, 0.717) is 24.3 Å². The summed E-state index contributed by atoms with van der Waals surface area (Å²) < 4.78 is 0. The Balaban J connectivity index is 1.45. The number of benzene rings is 1. The van der Waals surface area contributed by atoms with Gasteiger partial charge in [0, 0.05) is 36.3 Å². The lowest BCUT2D eigenvalue weighted by Gasteiger charge is -2.33. The minimum absolute atomic E-state index is 0.0272. The molecule has 0 unspecified atom stereocenters. The van der Waals surface area contributed by atoms with E-state index in [1.807, 2.05) is 0 Å². The van der Waals surface area contributed by atoms with Crippen LogP contribution in [-0.2, 0) is 4.79 Å². The summed E-state index contributed by atoms with van der Waals surface area (Å²) in [6.45, 7) is 2.75. The van der Waals surface area contributed by atoms with Crippen molar-refractivity contribution in [2.45, 2.75) is 57.9 Å². The lowest BCUT2D eigenvalue weighted by atomic mass is 9.88. The third-order valence-corrected chi connectivity index (χ3v) is 5.62. The van der Waals surface area contributed by atoms with Gasteiger partial charge in [0.25, 0.3) is 0 Å². The average molecular weight is 371 g/mol. The summed E-state index contributed by atoms with van der Waals surface area (Å²) in [5.74, 6) is 0.341. The predicted molar refractivity (Wildman–Crippen MR) is 105 cm³/mol. The first-order valence-corrected chi connectivity index (χ1v) is 10.0. The molecule has 1 saturated heterocycles. The molecule has 27 heavy (non-hydrogen) atoms. The predicted octanol–water partition coefficient (Wildman–Crippen LogP) is 3.58. The maximum absolute atomic E-state index is 12.5. The Morgan fingerprint density at radius 2 is 1.70 bits per heavy atom. The second kappa shape index (κ2) is 9.02. The number of Topliss-reactive ketones (excluding diaryl/α,β-unsaturated/α-hetero) is 1. The lowest BCUT2D eigenvalue weighted by molar-refractivity contribution is -0.126. The Morgan fingerprint density at radius 3 is 2.37 bits per heavy atom. The molecule has 1 aromatic rings. The summed E-state index contributed by atoms with van der Waals surface area (Å²) in [5.41, 5.74) is 1.21. The number of anilines is 1. The van der Waals surface area contributed by atoms with Gasteiger partial charge in [-0.2, -0.15) is 0 Å². The third-order valence-electron chi connectivity index (χ3n) is 5.62. The molecule has 0 bridgehead atoms. The fraction of sp³-hybridized carbons (Fsp3) is 0.571. The molecule has 3 rings (SSSR count). The molecule has 1 aromatic carbocycles. The van der Waals surface area contributed by atoms with Crippen molar-refractivity contribution >= 4 is 23.4 Å². The highest BCUT2D eigenvalue weighted by Gasteiger charge is 2.27. The van der Waals surface area contributed by atoms with Crippen molar-refractivity contribution in [3.8, 4) is 0 Å². The van der Waals surface area contributed by atoms with Crippen LogP contribution in [0.1, 0.15) is 62.2 Å². The molecule has 1 saturated carbocycles. The van der Waals surface area contributed by atoms with Crippen molar-refractivity contribution in [1.29, 1.82) is 0 Å². The van der Waals surface area contributed by atoms with E-state index >= 15 is 0 Å². The maximum Gasteiger partial charge on any atom is 0.321 e. The van der Waals surface area contributed by atoms with Gasteiger partial charge in [0.15, 0.2) is 5.78 Å². The van der Waals surface area contributed by atoms with Gasteiger partial charge in [0.2, 0.25) is 5.91 Å². The molecule has 1 heterocycles. The molecular formula is C21H29N3O3. The summed E-state index contributed by atoms with van der Waals surface area (Å²) in [6.07, 6.45) is 7.12. The summed E-state index contributed by atoms with van der Waals surface area (Å²) in [5, 5.41) is 6.04. The molecule has 0 aromatic heterocycles. The Hall–Kier alpha value is -2.37. The van der Waals surface area contributed by atoms with Crippen LogP contribution in [0.5, 0.6) is 0 Å². The Morgan fingerprint density at radius 1 is 1.00 bits per heavy atom. The van der Waals surface area contributed by atoms with Gasteiger partial charge in [0.1, 0.15) is 0 Å². The van der Waals surface area contributed by atoms with Crippen LogP contribution in [0.2, 0.25) is 0 Å². The van der Waals surface area contributed by atoms with Crippen molar-refractivity contribution in [3.05, 3.63) is 29.8 Å². The first kappa shape index (κ1) is 19.4. The Labute approximate surface area is 160 Å². The molecule has 1 aliphatic carbocycles. The van der Waals surface area contributed by atoms with Crippen molar-refractivity contribution in [1.82, 2.24) is 10.2 Å². The third kappa shape index (κ3) is 5.31. The highest BCUT2D eigenvalue weighted by molar-refractivity contribution is 5.96. The number of hydrogen-bond acceptors (Lipinski definition) is 3. The van der Waals surface area contributed by atoms with Gasteiger partial charge < -0.3 is 15.5 Å². The number of amides is 3. The summed E-state index contributed by atoms with van der Waals surface area (Å²) in [4.78, 5) is 38.1. The number of carbonyl (C=O) groups is 3. The van der Waals surface area contributed by atoms with Crippen LogP contribution in [0.4, 0.5) is 10.5 Å². The standard InChI is InChI=1S/C21H29N3O3/c1-15(25)17-8-5-9-19(14-17)23-21(27)24-12-10-18(11-13-24)22-20(26)16-6-3-2-4-7-16/h5,8-9,14,16,18H,2-4,6-7,10-13H2,1H3,(H,22,26)(H,23,27). The second-order valence-corrected chi connectivity index (χ2v) is 7.67. The van der Waals surface area contributed by atoms with Gasteiger partial charge in [0.05, 0.1) is 0 Å². The van der Waals surface area contributed by atoms with Crippen LogP contribution >= 0.6 is 0 Å². The largest absolute Gasteiger partial charge is 0.353 e. The number of urea groups is 1. The molecule has 6 nitrogen and oxygen atoms in total. The van der Waals surface area contributed by atoms with Crippen molar-refractivity contribution in [3.63, 3.8) is 0 Å². The van der Waals surface area contributed by atoms with E-state index in [9.17, 15) is 14.4 Å². The van der Waals surface area contributed by atoms with Gasteiger partial charge in [-0.15, -0.1) is 0 Å². The maximum atomic E-state index is 12.5. The summed E-state index contributed by atoms with van der Waals surface area (Å²) in [7, 11) is 0. The zero-order valence-corrected chi connectivity index (χ0v) is 16.0. The molecule has 0 atom stereocenters. The minimum atomic E-state index is -0.159. The fourth-order valence-corrected chi connectivity index (χ4v) is 3.93. The summed E-state index contributed by atoms with van der Waals surface area (Å²) in [6, 6.07) is 6.97. The van der Waals surface area contributed by atoms with Gasteiger partial charge >= 0.3 is 6.03 Å². The molecule has 2 fully saturated rings. The van der Waals surface area contributed by atoms with E-state index in [0.717, 1.165) is 38.5 Å². The van der Waals surface area contributed by atoms with Gasteiger partial charge in [-0.25, -0.2) is 4.79 Å². The van der Waals surface area contributed by atoms with E-state index in [1.54, 1.807) is 29.2 Å². The van der Waals surface area contributed by atoms with Crippen molar-refractivity contribution in [2.24, 2.45) is 5.92 Å². The highest BCUT2D eigenvalue weighted by Crippen LogP contribution is 2.24. The Bertz CT molecular complexity index is 690. The molecule has 1 aliphatic heterocycles. The molecule has 6 heteroatoms. The number of nitrogens with zero attached hydrogens (tertiary/aromatic N) is 1. The number of likely N-dealkylation sites (tertiary alicyclic amines) is 1. The minimum Gasteiger partial charge on any atom is -0.353 e. The van der Waals surface area contributed by atoms with Gasteiger partial charge in [-0.05, 0) is 44.7 Å². The van der Waals surface area contributed by atoms with Gasteiger partial charge in [-0.1, -0.05) is 31.4 Å². The quantitative estimate of drug-likeness (QED) is 0.794. The SMILES string of the molecule is CC(=O)c1cccc(NC(=O)N2CCC(NC(=O)C3CCCCC3)CC2)c1. The highest BCUT2D eigenvalue weighted by atomic mass is 16.2. The molecular weight excluding hydrogens is 342 g/mol. The first-order valence-electron chi connectivity index (χ1n) is 10.0. The van der Waals surface area contributed by atoms with Crippen molar-refractivity contribution < 1.29 is 14.4 Å². The topological polar surface area (TPSA) is 78.5 Å². The average Bonchev–Trinajstić information content (AvgIpc) is 2.69. The van der Waals surface area contributed by atoms with Crippen LogP contribution in [0, 0.1) is 5.92 Å². The second-order valence-electron chi connectivity index (χ2n) is 7.67. The molecule has 0 spiro atoms. The molecule has 3 amide bonds. The van der Waals surface area contributed by atoms with E-state index in [1.165, 1.54) is 13.3 Å².